The predicted octanol–water partition coefficient (Wildman–Crippen LogP) is 1.45. The van der Waals surface area contributed by atoms with Crippen LogP contribution in [0.2, 0.25) is 5.02 Å². The van der Waals surface area contributed by atoms with Gasteiger partial charge in [-0.25, -0.2) is 9.78 Å². The van der Waals surface area contributed by atoms with Crippen molar-refractivity contribution in [2.75, 3.05) is 13.1 Å². The molecule has 94 valence electrons. The molecule has 6 heteroatoms. The van der Waals surface area contributed by atoms with Crippen LogP contribution in [0.25, 0.3) is 5.52 Å². The maximum absolute atomic E-state index is 11.2. The molecule has 3 rings (SSSR count). The molecule has 1 saturated heterocycles. The van der Waals surface area contributed by atoms with Crippen LogP contribution in [-0.4, -0.2) is 33.6 Å². The maximum Gasteiger partial charge on any atom is 0.356 e. The van der Waals surface area contributed by atoms with Gasteiger partial charge in [-0.2, -0.15) is 0 Å². The third kappa shape index (κ3) is 1.76. The molecule has 18 heavy (non-hydrogen) atoms. The number of carboxylic acid groups (broad SMARTS) is 1. The van der Waals surface area contributed by atoms with E-state index in [9.17, 15) is 9.90 Å². The second-order valence-electron chi connectivity index (χ2n) is 4.48. The highest BCUT2D eigenvalue weighted by atomic mass is 35.5. The number of hydrogen-bond acceptors (Lipinski definition) is 3. The van der Waals surface area contributed by atoms with E-state index < -0.39 is 5.97 Å². The van der Waals surface area contributed by atoms with Crippen LogP contribution in [0.3, 0.4) is 0 Å². The maximum atomic E-state index is 11.2. The summed E-state index contributed by atoms with van der Waals surface area (Å²) in [5, 5.41) is 12.8. The molecule has 0 bridgehead atoms. The molecule has 1 aliphatic heterocycles. The molecular weight excluding hydrogens is 254 g/mol. The zero-order valence-corrected chi connectivity index (χ0v) is 10.3. The molecule has 0 atom stereocenters. The summed E-state index contributed by atoms with van der Waals surface area (Å²) in [7, 11) is 0. The first-order chi connectivity index (χ1) is 8.66. The highest BCUT2D eigenvalue weighted by Gasteiger charge is 2.23. The minimum atomic E-state index is -1.04. The number of halogens is 1. The van der Waals surface area contributed by atoms with Gasteiger partial charge < -0.3 is 14.8 Å². The number of nitrogens with zero attached hydrogens (tertiary/aromatic N) is 2. The Morgan fingerprint density at radius 2 is 2.39 bits per heavy atom. The first-order valence-corrected chi connectivity index (χ1v) is 6.14. The van der Waals surface area contributed by atoms with E-state index in [2.05, 4.69) is 10.3 Å². The van der Waals surface area contributed by atoms with Gasteiger partial charge in [-0.05, 0) is 31.1 Å². The van der Waals surface area contributed by atoms with Crippen molar-refractivity contribution in [3.05, 3.63) is 34.9 Å². The van der Waals surface area contributed by atoms with E-state index in [4.69, 9.17) is 11.6 Å². The number of imidazole rings is 1. The zero-order chi connectivity index (χ0) is 12.7. The highest BCUT2D eigenvalue weighted by molar-refractivity contribution is 6.34. The van der Waals surface area contributed by atoms with Gasteiger partial charge >= 0.3 is 5.97 Å². The molecule has 2 N–H and O–H groups in total. The number of carbonyl (C=O) groups is 1. The largest absolute Gasteiger partial charge is 0.476 e. The van der Waals surface area contributed by atoms with Gasteiger partial charge in [0.15, 0.2) is 5.69 Å². The Balaban J connectivity index is 2.13. The van der Waals surface area contributed by atoms with E-state index >= 15 is 0 Å². The van der Waals surface area contributed by atoms with Crippen LogP contribution < -0.4 is 5.32 Å². The van der Waals surface area contributed by atoms with Gasteiger partial charge in [-0.1, -0.05) is 11.6 Å². The van der Waals surface area contributed by atoms with Crippen LogP contribution in [-0.2, 0) is 6.42 Å². The minimum absolute atomic E-state index is 0.0304. The number of pyridine rings is 1. The molecule has 0 amide bonds. The first kappa shape index (κ1) is 11.5. The van der Waals surface area contributed by atoms with Crippen LogP contribution in [0.15, 0.2) is 18.3 Å². The van der Waals surface area contributed by atoms with Crippen LogP contribution >= 0.6 is 11.6 Å². The van der Waals surface area contributed by atoms with Gasteiger partial charge in [0, 0.05) is 12.6 Å². The van der Waals surface area contributed by atoms with Crippen molar-refractivity contribution in [2.24, 2.45) is 5.92 Å². The Kier molecular flexibility index (Phi) is 2.72. The van der Waals surface area contributed by atoms with Crippen molar-refractivity contribution in [3.8, 4) is 0 Å². The molecule has 0 spiro atoms. The van der Waals surface area contributed by atoms with E-state index in [-0.39, 0.29) is 5.69 Å². The van der Waals surface area contributed by atoms with Gasteiger partial charge in [-0.15, -0.1) is 0 Å². The fourth-order valence-corrected chi connectivity index (χ4v) is 2.46. The van der Waals surface area contributed by atoms with Gasteiger partial charge in [0.25, 0.3) is 0 Å². The van der Waals surface area contributed by atoms with Crippen LogP contribution in [0.4, 0.5) is 0 Å². The van der Waals surface area contributed by atoms with Crippen molar-refractivity contribution >= 4 is 23.1 Å². The van der Waals surface area contributed by atoms with Crippen molar-refractivity contribution < 1.29 is 9.90 Å². The number of carboxylic acids is 1. The quantitative estimate of drug-likeness (QED) is 0.882. The molecular formula is C12H12ClN3O2. The van der Waals surface area contributed by atoms with E-state index in [1.807, 2.05) is 6.20 Å². The summed E-state index contributed by atoms with van der Waals surface area (Å²) in [6.07, 6.45) is 2.57. The molecule has 1 fully saturated rings. The number of fused-ring (bicyclic) bond motifs is 1. The Hall–Kier alpha value is -1.59. The van der Waals surface area contributed by atoms with Gasteiger partial charge in [-0.3, -0.25) is 0 Å². The molecule has 2 aromatic heterocycles. The lowest BCUT2D eigenvalue weighted by Gasteiger charge is -2.26. The number of hydrogen-bond donors (Lipinski definition) is 2. The fourth-order valence-electron chi connectivity index (χ4n) is 2.20. The smallest absolute Gasteiger partial charge is 0.356 e. The standard InChI is InChI=1S/C12H12ClN3O2/c13-8-2-1-3-16-9(4-7-5-14-6-7)15-10(11(8)16)12(17)18/h1-3,7,14H,4-6H2,(H,17,18). The molecule has 3 heterocycles. The number of aromatic carboxylic acids is 1. The molecule has 0 unspecified atom stereocenters. The van der Waals surface area contributed by atoms with Gasteiger partial charge in [0.05, 0.1) is 10.5 Å². The van der Waals surface area contributed by atoms with Crippen LogP contribution in [0.5, 0.6) is 0 Å². The predicted molar refractivity (Wildman–Crippen MR) is 67.2 cm³/mol. The SMILES string of the molecule is O=C(O)c1nc(CC2CNC2)n2cccc(Cl)c12. The third-order valence-electron chi connectivity index (χ3n) is 3.23. The van der Waals surface area contributed by atoms with Crippen molar-refractivity contribution in [1.29, 1.82) is 0 Å². The Morgan fingerprint density at radius 1 is 1.61 bits per heavy atom. The minimum Gasteiger partial charge on any atom is -0.476 e. The summed E-state index contributed by atoms with van der Waals surface area (Å²) in [6.45, 7) is 1.91. The van der Waals surface area contributed by atoms with Crippen molar-refractivity contribution in [3.63, 3.8) is 0 Å². The summed E-state index contributed by atoms with van der Waals surface area (Å²) >= 11 is 6.07. The number of nitrogens with one attached hydrogen (secondary N) is 1. The number of rotatable bonds is 3. The molecule has 0 radical (unpaired) electrons. The van der Waals surface area contributed by atoms with Crippen molar-refractivity contribution in [1.82, 2.24) is 14.7 Å². The topological polar surface area (TPSA) is 66.6 Å². The molecule has 0 aliphatic carbocycles. The Morgan fingerprint density at radius 3 is 3.00 bits per heavy atom. The lowest BCUT2D eigenvalue weighted by molar-refractivity contribution is 0.0693. The van der Waals surface area contributed by atoms with E-state index in [1.54, 1.807) is 16.5 Å². The monoisotopic (exact) mass is 265 g/mol. The summed E-state index contributed by atoms with van der Waals surface area (Å²) in [4.78, 5) is 15.4. The number of aromatic nitrogens is 2. The average Bonchev–Trinajstić information content (AvgIpc) is 2.64. The molecule has 0 aromatic carbocycles. The van der Waals surface area contributed by atoms with E-state index in [0.717, 1.165) is 25.3 Å². The Labute approximate surface area is 108 Å². The second kappa shape index (κ2) is 4.26. The molecule has 1 aliphatic rings. The third-order valence-corrected chi connectivity index (χ3v) is 3.53. The van der Waals surface area contributed by atoms with Gasteiger partial charge in [0.1, 0.15) is 5.82 Å². The average molecular weight is 266 g/mol. The summed E-state index contributed by atoms with van der Waals surface area (Å²) in [6, 6.07) is 3.48. The normalized spacial score (nSPS) is 15.8. The van der Waals surface area contributed by atoms with E-state index in [1.165, 1.54) is 0 Å². The fraction of sp³-hybridized carbons (Fsp3) is 0.333. The van der Waals surface area contributed by atoms with Gasteiger partial charge in [0.2, 0.25) is 0 Å². The molecule has 0 saturated carbocycles. The highest BCUT2D eigenvalue weighted by Crippen LogP contribution is 2.24. The lowest BCUT2D eigenvalue weighted by atomic mass is 9.99. The van der Waals surface area contributed by atoms with Crippen molar-refractivity contribution in [2.45, 2.75) is 6.42 Å². The second-order valence-corrected chi connectivity index (χ2v) is 4.89. The van der Waals surface area contributed by atoms with E-state index in [0.29, 0.717) is 16.5 Å². The summed E-state index contributed by atoms with van der Waals surface area (Å²) < 4.78 is 1.78. The van der Waals surface area contributed by atoms with Crippen LogP contribution in [0, 0.1) is 5.92 Å². The Bertz CT molecular complexity index is 619. The summed E-state index contributed by atoms with van der Waals surface area (Å²) in [5.41, 5.74) is 0.511. The molecule has 2 aromatic rings. The summed E-state index contributed by atoms with van der Waals surface area (Å²) in [5.74, 6) is 0.242. The molecule has 5 nitrogen and oxygen atoms in total. The first-order valence-electron chi connectivity index (χ1n) is 5.76. The lowest BCUT2D eigenvalue weighted by Crippen LogP contribution is -2.43. The van der Waals surface area contributed by atoms with Crippen LogP contribution in [0.1, 0.15) is 16.3 Å². The zero-order valence-electron chi connectivity index (χ0n) is 9.56.